The molecule has 0 saturated heterocycles. The third kappa shape index (κ3) is 3.35. The monoisotopic (exact) mass is 422 g/mol. The van der Waals surface area contributed by atoms with E-state index in [4.69, 9.17) is 19.5 Å². The van der Waals surface area contributed by atoms with E-state index in [1.54, 1.807) is 14.2 Å². The number of aliphatic hydroxyl groups is 1. The van der Waals surface area contributed by atoms with Crippen LogP contribution in [0.2, 0.25) is 0 Å². The van der Waals surface area contributed by atoms with E-state index in [9.17, 15) is 5.11 Å². The number of imidazole rings is 1. The average Bonchev–Trinajstić information content (AvgIpc) is 3.22. The van der Waals surface area contributed by atoms with Crippen LogP contribution in [0.1, 0.15) is 18.2 Å². The molecule has 2 aliphatic heterocycles. The number of aromatic nitrogens is 2. The number of aliphatic imine (C=N–C) groups is 1. The molecule has 31 heavy (non-hydrogen) atoms. The summed E-state index contributed by atoms with van der Waals surface area (Å²) < 4.78 is 13.3. The quantitative estimate of drug-likeness (QED) is 0.628. The fraction of sp³-hybridized carbons (Fsp3) is 0.364. The van der Waals surface area contributed by atoms with Gasteiger partial charge in [0, 0.05) is 24.8 Å². The van der Waals surface area contributed by atoms with Gasteiger partial charge in [0.25, 0.3) is 0 Å². The number of anilines is 1. The fourth-order valence-corrected chi connectivity index (χ4v) is 4.21. The molecule has 0 aliphatic carbocycles. The number of hydrogen-bond donors (Lipinski definition) is 2. The van der Waals surface area contributed by atoms with Crippen molar-refractivity contribution in [3.63, 3.8) is 0 Å². The van der Waals surface area contributed by atoms with Crippen molar-refractivity contribution in [2.45, 2.75) is 12.6 Å². The third-order valence-corrected chi connectivity index (χ3v) is 5.73. The number of ether oxygens (including phenoxy) is 2. The molecule has 0 amide bonds. The first kappa shape index (κ1) is 19.7. The molecule has 0 fully saturated rings. The van der Waals surface area contributed by atoms with Crippen molar-refractivity contribution in [1.29, 1.82) is 0 Å². The molecule has 1 aromatic heterocycles. The summed E-state index contributed by atoms with van der Waals surface area (Å²) in [6.45, 7) is 2.18. The number of hydrogen-bond acceptors (Lipinski definition) is 8. The lowest BCUT2D eigenvalue weighted by molar-refractivity contribution is 0.223. The Balaban J connectivity index is 1.63. The lowest BCUT2D eigenvalue weighted by atomic mass is 10.1. The molecule has 0 saturated carbocycles. The van der Waals surface area contributed by atoms with Gasteiger partial charge in [-0.05, 0) is 30.7 Å². The van der Waals surface area contributed by atoms with Crippen molar-refractivity contribution in [2.24, 2.45) is 4.99 Å². The zero-order chi connectivity index (χ0) is 21.4. The number of nitrogens with zero attached hydrogens (tertiary/aromatic N) is 5. The lowest BCUT2D eigenvalue weighted by Crippen LogP contribution is -2.57. The molecule has 1 unspecified atom stereocenters. The fourth-order valence-electron chi connectivity index (χ4n) is 4.21. The highest BCUT2D eigenvalue weighted by Crippen LogP contribution is 2.38. The Labute approximate surface area is 180 Å². The summed E-state index contributed by atoms with van der Waals surface area (Å²) in [5.74, 6) is 3.08. The first-order chi connectivity index (χ1) is 15.2. The molecule has 0 spiro atoms. The van der Waals surface area contributed by atoms with Gasteiger partial charge < -0.3 is 19.9 Å². The summed E-state index contributed by atoms with van der Waals surface area (Å²) in [6, 6.07) is 14.0. The molecular weight excluding hydrogens is 396 g/mol. The molecular formula is C22H26N6O3. The first-order valence-corrected chi connectivity index (χ1v) is 10.3. The number of nitrogens with one attached hydrogen (secondary N) is 1. The van der Waals surface area contributed by atoms with Gasteiger partial charge in [0.2, 0.25) is 11.9 Å². The number of rotatable bonds is 6. The van der Waals surface area contributed by atoms with Crippen LogP contribution in [-0.2, 0) is 0 Å². The summed E-state index contributed by atoms with van der Waals surface area (Å²) in [5.41, 5.74) is 2.92. The van der Waals surface area contributed by atoms with Gasteiger partial charge in [0.1, 0.15) is 17.7 Å². The summed E-state index contributed by atoms with van der Waals surface area (Å²) in [7, 11) is 3.31. The van der Waals surface area contributed by atoms with Crippen molar-refractivity contribution in [3.8, 4) is 11.5 Å². The normalized spacial score (nSPS) is 18.2. The standard InChI is InChI=1S/C22H26N6O3/c1-30-15-8-9-16(19(12-15)31-2)20-25-21-23-13-26(10-5-11-29)14-27(21)22-24-17-6-3-4-7-18(17)28(20)22/h3-4,6-9,12,20,29H,5,10-11,13-14H2,1-2H3,(H,23,25). The Morgan fingerprint density at radius 1 is 1.16 bits per heavy atom. The van der Waals surface area contributed by atoms with Crippen LogP contribution in [0.5, 0.6) is 11.5 Å². The van der Waals surface area contributed by atoms with Crippen molar-refractivity contribution in [1.82, 2.24) is 19.8 Å². The van der Waals surface area contributed by atoms with Gasteiger partial charge in [-0.3, -0.25) is 14.4 Å². The van der Waals surface area contributed by atoms with E-state index in [-0.39, 0.29) is 12.8 Å². The minimum absolute atomic E-state index is 0.170. The molecule has 0 bridgehead atoms. The number of benzene rings is 2. The van der Waals surface area contributed by atoms with E-state index in [0.717, 1.165) is 46.5 Å². The number of aliphatic hydroxyl groups excluding tert-OH is 1. The van der Waals surface area contributed by atoms with Crippen LogP contribution in [-0.4, -0.2) is 66.2 Å². The summed E-state index contributed by atoms with van der Waals surface area (Å²) in [5, 5.41) is 12.8. The average molecular weight is 422 g/mol. The third-order valence-electron chi connectivity index (χ3n) is 5.73. The van der Waals surface area contributed by atoms with Gasteiger partial charge in [-0.25, -0.2) is 9.98 Å². The van der Waals surface area contributed by atoms with E-state index in [1.807, 2.05) is 36.4 Å². The van der Waals surface area contributed by atoms with Crippen LogP contribution < -0.4 is 19.7 Å². The molecule has 162 valence electrons. The van der Waals surface area contributed by atoms with E-state index < -0.39 is 0 Å². The highest BCUT2D eigenvalue weighted by Gasteiger charge is 2.36. The molecule has 3 aromatic rings. The number of para-hydroxylation sites is 2. The van der Waals surface area contributed by atoms with Crippen LogP contribution in [0.3, 0.4) is 0 Å². The Morgan fingerprint density at radius 3 is 2.84 bits per heavy atom. The van der Waals surface area contributed by atoms with Gasteiger partial charge in [-0.2, -0.15) is 0 Å². The summed E-state index contributed by atoms with van der Waals surface area (Å²) in [6.07, 6.45) is 0.482. The molecule has 2 N–H and O–H groups in total. The molecule has 0 radical (unpaired) electrons. The van der Waals surface area contributed by atoms with Crippen LogP contribution in [0.25, 0.3) is 11.0 Å². The first-order valence-electron chi connectivity index (χ1n) is 10.3. The van der Waals surface area contributed by atoms with Crippen molar-refractivity contribution < 1.29 is 14.6 Å². The number of fused-ring (bicyclic) bond motifs is 5. The predicted octanol–water partition coefficient (Wildman–Crippen LogP) is 1.98. The summed E-state index contributed by atoms with van der Waals surface area (Å²) in [4.78, 5) is 14.0. The minimum Gasteiger partial charge on any atom is -0.497 e. The Bertz CT molecular complexity index is 1130. The molecule has 9 heteroatoms. The molecule has 2 aliphatic rings. The van der Waals surface area contributed by atoms with Crippen molar-refractivity contribution in [3.05, 3.63) is 48.0 Å². The van der Waals surface area contributed by atoms with Gasteiger partial charge in [0.15, 0.2) is 0 Å². The zero-order valence-electron chi connectivity index (χ0n) is 17.7. The Hall–Kier alpha value is -3.30. The van der Waals surface area contributed by atoms with Crippen LogP contribution in [0.4, 0.5) is 5.95 Å². The largest absolute Gasteiger partial charge is 0.497 e. The molecule has 3 heterocycles. The Morgan fingerprint density at radius 2 is 2.03 bits per heavy atom. The van der Waals surface area contributed by atoms with E-state index >= 15 is 0 Å². The van der Waals surface area contributed by atoms with E-state index in [1.165, 1.54) is 0 Å². The second kappa shape index (κ2) is 8.09. The smallest absolute Gasteiger partial charge is 0.216 e. The second-order valence-corrected chi connectivity index (χ2v) is 7.59. The van der Waals surface area contributed by atoms with Crippen LogP contribution >= 0.6 is 0 Å². The zero-order valence-corrected chi connectivity index (χ0v) is 17.7. The van der Waals surface area contributed by atoms with Gasteiger partial charge in [-0.1, -0.05) is 12.1 Å². The molecule has 9 nitrogen and oxygen atoms in total. The molecule has 1 atom stereocenters. The van der Waals surface area contributed by atoms with E-state index in [0.29, 0.717) is 19.8 Å². The lowest BCUT2D eigenvalue weighted by Gasteiger charge is -2.41. The molecule has 2 aromatic carbocycles. The predicted molar refractivity (Wildman–Crippen MR) is 119 cm³/mol. The second-order valence-electron chi connectivity index (χ2n) is 7.59. The van der Waals surface area contributed by atoms with Crippen molar-refractivity contribution in [2.75, 3.05) is 45.6 Å². The maximum absolute atomic E-state index is 9.20. The van der Waals surface area contributed by atoms with Crippen LogP contribution in [0, 0.1) is 0 Å². The Kier molecular flexibility index (Phi) is 5.13. The summed E-state index contributed by atoms with van der Waals surface area (Å²) >= 11 is 0. The van der Waals surface area contributed by atoms with Crippen molar-refractivity contribution >= 4 is 22.9 Å². The maximum Gasteiger partial charge on any atom is 0.216 e. The van der Waals surface area contributed by atoms with Gasteiger partial charge >= 0.3 is 0 Å². The SMILES string of the molecule is COc1ccc(C2NC3=NCN(CCCO)CN3c3nc4ccccc4n32)c(OC)c1. The highest BCUT2D eigenvalue weighted by molar-refractivity contribution is 5.99. The highest BCUT2D eigenvalue weighted by atomic mass is 16.5. The minimum atomic E-state index is -0.234. The van der Waals surface area contributed by atoms with Crippen LogP contribution in [0.15, 0.2) is 47.5 Å². The number of guanidine groups is 1. The topological polar surface area (TPSA) is 87.4 Å². The van der Waals surface area contributed by atoms with Gasteiger partial charge in [-0.15, -0.1) is 0 Å². The molecule has 5 rings (SSSR count). The van der Waals surface area contributed by atoms with Gasteiger partial charge in [0.05, 0.1) is 38.6 Å². The number of methoxy groups -OCH3 is 2. The van der Waals surface area contributed by atoms with E-state index in [2.05, 4.69) is 25.8 Å². The maximum atomic E-state index is 9.20.